The van der Waals surface area contributed by atoms with Crippen LogP contribution in [0, 0.1) is 5.92 Å². The quantitative estimate of drug-likeness (QED) is 0.714. The van der Waals surface area contributed by atoms with Crippen LogP contribution in [0.3, 0.4) is 0 Å². The zero-order valence-electron chi connectivity index (χ0n) is 15.0. The monoisotopic (exact) mass is 375 g/mol. The van der Waals surface area contributed by atoms with E-state index in [9.17, 15) is 13.2 Å². The minimum Gasteiger partial charge on any atom is -0.493 e. The summed E-state index contributed by atoms with van der Waals surface area (Å²) in [6, 6.07) is 9.56. The van der Waals surface area contributed by atoms with Crippen LogP contribution in [0.2, 0.25) is 0 Å². The van der Waals surface area contributed by atoms with Crippen molar-refractivity contribution in [2.24, 2.45) is 5.92 Å². The molecule has 1 aliphatic carbocycles. The number of methoxy groups -OCH3 is 2. The molecule has 2 aliphatic rings. The molecule has 1 aliphatic heterocycles. The van der Waals surface area contributed by atoms with E-state index < -0.39 is 11.7 Å². The number of ether oxygens (including phenoxy) is 2. The van der Waals surface area contributed by atoms with E-state index in [1.54, 1.807) is 14.2 Å². The van der Waals surface area contributed by atoms with Gasteiger partial charge in [-0.05, 0) is 42.2 Å². The van der Waals surface area contributed by atoms with Crippen molar-refractivity contribution in [1.82, 2.24) is 0 Å². The third kappa shape index (κ3) is 2.93. The molecular weight excluding hydrogens is 355 g/mol. The van der Waals surface area contributed by atoms with Crippen LogP contribution in [-0.2, 0) is 6.18 Å². The Labute approximate surface area is 155 Å². The van der Waals surface area contributed by atoms with Gasteiger partial charge in [-0.2, -0.15) is 13.2 Å². The van der Waals surface area contributed by atoms with Crippen LogP contribution in [0.1, 0.15) is 35.1 Å². The van der Waals surface area contributed by atoms with Crippen LogP contribution in [0.25, 0.3) is 0 Å². The van der Waals surface area contributed by atoms with Crippen LogP contribution in [0.5, 0.6) is 11.5 Å². The lowest BCUT2D eigenvalue weighted by atomic mass is 9.76. The Morgan fingerprint density at radius 3 is 2.56 bits per heavy atom. The molecule has 142 valence electrons. The fourth-order valence-electron chi connectivity index (χ4n) is 4.24. The van der Waals surface area contributed by atoms with Gasteiger partial charge in [-0.3, -0.25) is 0 Å². The molecule has 3 atom stereocenters. The number of para-hydroxylation sites is 1. The number of nitrogens with one attached hydrogen (secondary N) is 1. The summed E-state index contributed by atoms with van der Waals surface area (Å²) in [5, 5.41) is 3.45. The standard InChI is InChI=1S/C21H20F3NO2/c1-26-18-8-4-7-15(20(18)27-2)19-14-6-3-5-13(14)16-11-12(21(22,23)24)9-10-17(16)25-19/h3-5,7-11,13-14,19,25H,6H2,1-2H3/t13-,14-,19-/m1/s1. The summed E-state index contributed by atoms with van der Waals surface area (Å²) in [4.78, 5) is 0. The zero-order chi connectivity index (χ0) is 19.2. The molecule has 0 radical (unpaired) electrons. The molecular formula is C21H20F3NO2. The van der Waals surface area contributed by atoms with E-state index in [1.165, 1.54) is 12.1 Å². The zero-order valence-corrected chi connectivity index (χ0v) is 15.0. The average molecular weight is 375 g/mol. The first-order valence-corrected chi connectivity index (χ1v) is 8.79. The van der Waals surface area contributed by atoms with Crippen molar-refractivity contribution in [3.8, 4) is 11.5 Å². The SMILES string of the molecule is COc1cccc([C@@H]2Nc3ccc(C(F)(F)F)cc3[C@@H]3C=CC[C@H]32)c1OC. The molecule has 0 saturated carbocycles. The lowest BCUT2D eigenvalue weighted by Crippen LogP contribution is -2.29. The highest BCUT2D eigenvalue weighted by Gasteiger charge is 2.41. The summed E-state index contributed by atoms with van der Waals surface area (Å²) < 4.78 is 50.5. The van der Waals surface area contributed by atoms with Gasteiger partial charge in [0.1, 0.15) is 0 Å². The molecule has 0 aromatic heterocycles. The number of hydrogen-bond donors (Lipinski definition) is 1. The van der Waals surface area contributed by atoms with Crippen molar-refractivity contribution >= 4 is 5.69 Å². The molecule has 0 fully saturated rings. The molecule has 0 saturated heterocycles. The number of rotatable bonds is 3. The van der Waals surface area contributed by atoms with Crippen molar-refractivity contribution in [2.75, 3.05) is 19.5 Å². The van der Waals surface area contributed by atoms with Gasteiger partial charge in [0.05, 0.1) is 25.8 Å². The Morgan fingerprint density at radius 1 is 1.04 bits per heavy atom. The molecule has 0 bridgehead atoms. The normalized spacial score (nSPS) is 23.4. The molecule has 6 heteroatoms. The maximum absolute atomic E-state index is 13.2. The first-order valence-electron chi connectivity index (χ1n) is 8.79. The fourth-order valence-corrected chi connectivity index (χ4v) is 4.24. The maximum Gasteiger partial charge on any atom is 0.416 e. The van der Waals surface area contributed by atoms with Crippen LogP contribution >= 0.6 is 0 Å². The molecule has 27 heavy (non-hydrogen) atoms. The van der Waals surface area contributed by atoms with Gasteiger partial charge in [-0.15, -0.1) is 0 Å². The molecule has 1 N–H and O–H groups in total. The molecule has 0 amide bonds. The molecule has 1 heterocycles. The smallest absolute Gasteiger partial charge is 0.416 e. The van der Waals surface area contributed by atoms with Gasteiger partial charge in [-0.1, -0.05) is 24.3 Å². The van der Waals surface area contributed by atoms with E-state index in [-0.39, 0.29) is 17.9 Å². The van der Waals surface area contributed by atoms with Gasteiger partial charge in [0.2, 0.25) is 0 Å². The lowest BCUT2D eigenvalue weighted by Gasteiger charge is -2.38. The van der Waals surface area contributed by atoms with Gasteiger partial charge >= 0.3 is 6.18 Å². The second-order valence-electron chi connectivity index (χ2n) is 6.86. The molecule has 0 spiro atoms. The van der Waals surface area contributed by atoms with Crippen LogP contribution in [0.15, 0.2) is 48.6 Å². The maximum atomic E-state index is 13.2. The fraction of sp³-hybridized carbons (Fsp3) is 0.333. The summed E-state index contributed by atoms with van der Waals surface area (Å²) in [6.07, 6.45) is 0.508. The summed E-state index contributed by atoms with van der Waals surface area (Å²) in [7, 11) is 3.18. The topological polar surface area (TPSA) is 30.5 Å². The van der Waals surface area contributed by atoms with Gasteiger partial charge in [0.25, 0.3) is 0 Å². The van der Waals surface area contributed by atoms with E-state index in [2.05, 4.69) is 5.32 Å². The van der Waals surface area contributed by atoms with Crippen molar-refractivity contribution in [2.45, 2.75) is 24.6 Å². The second-order valence-corrected chi connectivity index (χ2v) is 6.86. The number of alkyl halides is 3. The summed E-state index contributed by atoms with van der Waals surface area (Å²) >= 11 is 0. The number of allylic oxidation sites excluding steroid dienone is 2. The minimum atomic E-state index is -4.35. The number of halogens is 3. The summed E-state index contributed by atoms with van der Waals surface area (Å²) in [6.45, 7) is 0. The Balaban J connectivity index is 1.80. The third-order valence-electron chi connectivity index (χ3n) is 5.46. The van der Waals surface area contributed by atoms with Crippen LogP contribution in [0.4, 0.5) is 18.9 Å². The highest BCUT2D eigenvalue weighted by atomic mass is 19.4. The summed E-state index contributed by atoms with van der Waals surface area (Å²) in [5.74, 6) is 1.34. The van der Waals surface area contributed by atoms with Gasteiger partial charge in [-0.25, -0.2) is 0 Å². The molecule has 4 rings (SSSR count). The van der Waals surface area contributed by atoms with Crippen molar-refractivity contribution in [3.05, 3.63) is 65.2 Å². The Kier molecular flexibility index (Phi) is 4.29. The first-order chi connectivity index (χ1) is 12.9. The summed E-state index contributed by atoms with van der Waals surface area (Å²) in [5.41, 5.74) is 1.76. The minimum absolute atomic E-state index is 0.0653. The molecule has 2 aromatic carbocycles. The second kappa shape index (κ2) is 6.51. The van der Waals surface area contributed by atoms with Gasteiger partial charge < -0.3 is 14.8 Å². The van der Waals surface area contributed by atoms with E-state index in [4.69, 9.17) is 9.47 Å². The average Bonchev–Trinajstić information content (AvgIpc) is 3.15. The van der Waals surface area contributed by atoms with Crippen LogP contribution in [-0.4, -0.2) is 14.2 Å². The largest absolute Gasteiger partial charge is 0.493 e. The Morgan fingerprint density at radius 2 is 1.85 bits per heavy atom. The van der Waals surface area contributed by atoms with E-state index >= 15 is 0 Å². The van der Waals surface area contributed by atoms with Gasteiger partial charge in [0, 0.05) is 17.2 Å². The molecule has 0 unspecified atom stereocenters. The predicted molar refractivity (Wildman–Crippen MR) is 97.3 cm³/mol. The van der Waals surface area contributed by atoms with E-state index in [0.29, 0.717) is 17.1 Å². The first kappa shape index (κ1) is 17.8. The highest BCUT2D eigenvalue weighted by molar-refractivity contribution is 5.62. The lowest BCUT2D eigenvalue weighted by molar-refractivity contribution is -0.137. The number of hydrogen-bond acceptors (Lipinski definition) is 3. The Bertz CT molecular complexity index is 891. The molecule has 2 aromatic rings. The van der Waals surface area contributed by atoms with Gasteiger partial charge in [0.15, 0.2) is 11.5 Å². The third-order valence-corrected chi connectivity index (χ3v) is 5.46. The Hall–Kier alpha value is -2.63. The number of anilines is 1. The van der Waals surface area contributed by atoms with E-state index in [0.717, 1.165) is 23.7 Å². The number of fused-ring (bicyclic) bond motifs is 3. The highest BCUT2D eigenvalue weighted by Crippen LogP contribution is 2.52. The van der Waals surface area contributed by atoms with Crippen LogP contribution < -0.4 is 14.8 Å². The van der Waals surface area contributed by atoms with Crippen molar-refractivity contribution in [1.29, 1.82) is 0 Å². The van der Waals surface area contributed by atoms with Crippen molar-refractivity contribution < 1.29 is 22.6 Å². The van der Waals surface area contributed by atoms with Crippen molar-refractivity contribution in [3.63, 3.8) is 0 Å². The molecule has 3 nitrogen and oxygen atoms in total. The predicted octanol–water partition coefficient (Wildman–Crippen LogP) is 5.55. The number of benzene rings is 2. The van der Waals surface area contributed by atoms with E-state index in [1.807, 2.05) is 30.4 Å².